The summed E-state index contributed by atoms with van der Waals surface area (Å²) in [5.41, 5.74) is 4.18. The van der Waals surface area contributed by atoms with Gasteiger partial charge in [-0.3, -0.25) is 4.79 Å². The molecule has 0 aliphatic carbocycles. The number of carbonyl (C=O) groups is 1. The number of hydrazone groups is 1. The zero-order valence-corrected chi connectivity index (χ0v) is 15.1. The van der Waals surface area contributed by atoms with Crippen molar-refractivity contribution in [2.45, 2.75) is 13.3 Å². The summed E-state index contributed by atoms with van der Waals surface area (Å²) in [4.78, 5) is 12.5. The monoisotopic (exact) mass is 360 g/mol. The van der Waals surface area contributed by atoms with Gasteiger partial charge in [0, 0.05) is 5.56 Å². The number of methoxy groups -OCH3 is 3. The Morgan fingerprint density at radius 3 is 2.04 bits per heavy atom. The molecule has 0 atom stereocenters. The number of ether oxygens (including phenoxy) is 3. The Kier molecular flexibility index (Phi) is 6.54. The van der Waals surface area contributed by atoms with Crippen LogP contribution in [0.25, 0.3) is 0 Å². The number of hydrogen-bond acceptors (Lipinski definition) is 5. The van der Waals surface area contributed by atoms with Crippen LogP contribution in [-0.4, -0.2) is 32.9 Å². The van der Waals surface area contributed by atoms with E-state index in [1.54, 1.807) is 12.1 Å². The largest absolute Gasteiger partial charge is 0.493 e. The van der Waals surface area contributed by atoms with Crippen molar-refractivity contribution >= 4 is 11.6 Å². The summed E-state index contributed by atoms with van der Waals surface area (Å²) in [6.45, 7) is 1.90. The van der Waals surface area contributed by atoms with Crippen LogP contribution in [-0.2, 0) is 0 Å². The van der Waals surface area contributed by atoms with Gasteiger partial charge in [-0.2, -0.15) is 5.10 Å². The third-order valence-corrected chi connectivity index (χ3v) is 3.73. The molecule has 0 fully saturated rings. The van der Waals surface area contributed by atoms with Crippen molar-refractivity contribution in [3.8, 4) is 17.2 Å². The van der Waals surface area contributed by atoms with Gasteiger partial charge < -0.3 is 14.2 Å². The minimum atomic E-state index is -0.433. The van der Waals surface area contributed by atoms with Crippen LogP contribution in [0.15, 0.2) is 41.5 Å². The molecule has 0 saturated heterocycles. The van der Waals surface area contributed by atoms with E-state index in [1.807, 2.05) is 6.92 Å². The van der Waals surface area contributed by atoms with Gasteiger partial charge in [-0.15, -0.1) is 0 Å². The second-order valence-corrected chi connectivity index (χ2v) is 5.27. The highest BCUT2D eigenvalue weighted by molar-refractivity contribution is 6.02. The Labute approximate surface area is 151 Å². The van der Waals surface area contributed by atoms with Crippen LogP contribution in [0.4, 0.5) is 4.39 Å². The number of halogens is 1. The lowest BCUT2D eigenvalue weighted by Gasteiger charge is -2.13. The Bertz CT molecular complexity index is 779. The first-order chi connectivity index (χ1) is 12.5. The van der Waals surface area contributed by atoms with Crippen LogP contribution in [0.1, 0.15) is 29.3 Å². The lowest BCUT2D eigenvalue weighted by atomic mass is 10.1. The molecule has 0 radical (unpaired) electrons. The summed E-state index contributed by atoms with van der Waals surface area (Å²) < 4.78 is 28.8. The predicted octanol–water partition coefficient (Wildman–Crippen LogP) is 3.40. The molecule has 138 valence electrons. The number of nitrogens with one attached hydrogen (secondary N) is 1. The molecule has 2 rings (SSSR count). The average molecular weight is 360 g/mol. The van der Waals surface area contributed by atoms with Gasteiger partial charge in [0.25, 0.3) is 5.91 Å². The molecule has 6 nitrogen and oxygen atoms in total. The molecular weight excluding hydrogens is 339 g/mol. The molecule has 0 saturated carbocycles. The SMILES string of the molecule is CC/C(=N/NC(=O)c1cc(OC)c(OC)c(OC)c1)c1ccc(F)cc1. The molecular formula is C19H21FN2O4. The van der Waals surface area contributed by atoms with Crippen molar-refractivity contribution in [3.05, 3.63) is 53.3 Å². The number of hydrogen-bond donors (Lipinski definition) is 1. The van der Waals surface area contributed by atoms with E-state index in [0.717, 1.165) is 5.56 Å². The fraction of sp³-hybridized carbons (Fsp3) is 0.263. The Morgan fingerprint density at radius 2 is 1.58 bits per heavy atom. The third kappa shape index (κ3) is 4.30. The smallest absolute Gasteiger partial charge is 0.271 e. The molecule has 7 heteroatoms. The average Bonchev–Trinajstić information content (AvgIpc) is 2.68. The molecule has 0 aromatic heterocycles. The van der Waals surface area contributed by atoms with Crippen molar-refractivity contribution < 1.29 is 23.4 Å². The predicted molar refractivity (Wildman–Crippen MR) is 96.8 cm³/mol. The molecule has 0 bridgehead atoms. The van der Waals surface area contributed by atoms with Crippen LogP contribution >= 0.6 is 0 Å². The standard InChI is InChI=1S/C19H21FN2O4/c1-5-15(12-6-8-14(20)9-7-12)21-22-19(23)13-10-16(24-2)18(26-4)17(11-13)25-3/h6-11H,5H2,1-4H3,(H,22,23)/b21-15-. The maximum absolute atomic E-state index is 13.1. The van der Waals surface area contributed by atoms with E-state index in [9.17, 15) is 9.18 Å². The molecule has 0 spiro atoms. The van der Waals surface area contributed by atoms with Crippen LogP contribution < -0.4 is 19.6 Å². The highest BCUT2D eigenvalue weighted by Crippen LogP contribution is 2.38. The first-order valence-corrected chi connectivity index (χ1v) is 7.96. The summed E-state index contributed by atoms with van der Waals surface area (Å²) in [6, 6.07) is 9.00. The summed E-state index contributed by atoms with van der Waals surface area (Å²) in [5, 5.41) is 4.15. The quantitative estimate of drug-likeness (QED) is 0.607. The van der Waals surface area contributed by atoms with E-state index < -0.39 is 5.91 Å². The Hall–Kier alpha value is -3.09. The minimum Gasteiger partial charge on any atom is -0.493 e. The van der Waals surface area contributed by atoms with E-state index >= 15 is 0 Å². The molecule has 2 aromatic rings. The number of rotatable bonds is 7. The highest BCUT2D eigenvalue weighted by Gasteiger charge is 2.17. The summed E-state index contributed by atoms with van der Waals surface area (Å²) >= 11 is 0. The van der Waals surface area contributed by atoms with Crippen LogP contribution in [0.2, 0.25) is 0 Å². The molecule has 0 aliphatic rings. The van der Waals surface area contributed by atoms with Crippen LogP contribution in [0, 0.1) is 5.82 Å². The number of amides is 1. The molecule has 1 N–H and O–H groups in total. The lowest BCUT2D eigenvalue weighted by molar-refractivity contribution is 0.0954. The Balaban J connectivity index is 2.27. The molecule has 0 heterocycles. The number of nitrogens with zero attached hydrogens (tertiary/aromatic N) is 1. The van der Waals surface area contributed by atoms with Gasteiger partial charge in [-0.1, -0.05) is 19.1 Å². The van der Waals surface area contributed by atoms with E-state index in [2.05, 4.69) is 10.5 Å². The fourth-order valence-electron chi connectivity index (χ4n) is 2.38. The van der Waals surface area contributed by atoms with Gasteiger partial charge in [-0.05, 0) is 36.2 Å². The second-order valence-electron chi connectivity index (χ2n) is 5.27. The molecule has 0 aliphatic heterocycles. The Morgan fingerprint density at radius 1 is 1.00 bits per heavy atom. The second kappa shape index (κ2) is 8.84. The van der Waals surface area contributed by atoms with Crippen molar-refractivity contribution in [1.82, 2.24) is 5.43 Å². The summed E-state index contributed by atoms with van der Waals surface area (Å²) in [7, 11) is 4.43. The zero-order chi connectivity index (χ0) is 19.1. The number of benzene rings is 2. The van der Waals surface area contributed by atoms with Gasteiger partial charge in [0.1, 0.15) is 5.82 Å². The fourth-order valence-corrected chi connectivity index (χ4v) is 2.38. The van der Waals surface area contributed by atoms with Crippen LogP contribution in [0.5, 0.6) is 17.2 Å². The highest BCUT2D eigenvalue weighted by atomic mass is 19.1. The summed E-state index contributed by atoms with van der Waals surface area (Å²) in [5.74, 6) is 0.379. The van der Waals surface area contributed by atoms with Crippen molar-refractivity contribution in [1.29, 1.82) is 0 Å². The first kappa shape index (κ1) is 19.2. The molecule has 1 amide bonds. The molecule has 26 heavy (non-hydrogen) atoms. The van der Waals surface area contributed by atoms with Gasteiger partial charge in [0.2, 0.25) is 5.75 Å². The minimum absolute atomic E-state index is 0.304. The van der Waals surface area contributed by atoms with Crippen LogP contribution in [0.3, 0.4) is 0 Å². The maximum atomic E-state index is 13.1. The normalized spacial score (nSPS) is 11.0. The zero-order valence-electron chi connectivity index (χ0n) is 15.1. The molecule has 0 unspecified atom stereocenters. The topological polar surface area (TPSA) is 69.2 Å². The first-order valence-electron chi connectivity index (χ1n) is 7.96. The molecule has 2 aromatic carbocycles. The van der Waals surface area contributed by atoms with Crippen molar-refractivity contribution in [2.24, 2.45) is 5.10 Å². The van der Waals surface area contributed by atoms with Gasteiger partial charge >= 0.3 is 0 Å². The summed E-state index contributed by atoms with van der Waals surface area (Å²) in [6.07, 6.45) is 0.571. The van der Waals surface area contributed by atoms with Crippen molar-refractivity contribution in [2.75, 3.05) is 21.3 Å². The lowest BCUT2D eigenvalue weighted by Crippen LogP contribution is -2.20. The van der Waals surface area contributed by atoms with E-state index in [0.29, 0.717) is 34.9 Å². The van der Waals surface area contributed by atoms with E-state index in [4.69, 9.17) is 14.2 Å². The third-order valence-electron chi connectivity index (χ3n) is 3.73. The van der Waals surface area contributed by atoms with E-state index in [-0.39, 0.29) is 5.82 Å². The van der Waals surface area contributed by atoms with Gasteiger partial charge in [0.15, 0.2) is 11.5 Å². The van der Waals surface area contributed by atoms with Crippen molar-refractivity contribution in [3.63, 3.8) is 0 Å². The van der Waals surface area contributed by atoms with Gasteiger partial charge in [0.05, 0.1) is 27.0 Å². The number of carbonyl (C=O) groups excluding carboxylic acids is 1. The maximum Gasteiger partial charge on any atom is 0.271 e. The van der Waals surface area contributed by atoms with Gasteiger partial charge in [-0.25, -0.2) is 9.82 Å². The van der Waals surface area contributed by atoms with E-state index in [1.165, 1.54) is 45.6 Å².